The Kier molecular flexibility index (Phi) is 5.04. The Morgan fingerprint density at radius 3 is 2.82 bits per heavy atom. The van der Waals surface area contributed by atoms with Crippen molar-refractivity contribution in [2.45, 2.75) is 37.6 Å². The SMILES string of the molecule is Cc1cnn([C@H]2CC[C@@]3(CNc4ncc(-c5ccc(N)c(C(=O)N(C)C)c5F)c(Cl)c43)C2)n1. The number of nitrogen functional groups attached to an aromatic ring is 1. The number of hydrogen-bond acceptors (Lipinski definition) is 6. The number of carbonyl (C=O) groups excluding carboxylic acids is 1. The van der Waals surface area contributed by atoms with Crippen molar-refractivity contribution in [3.63, 3.8) is 0 Å². The number of nitrogens with two attached hydrogens (primary N) is 1. The number of benzene rings is 1. The minimum atomic E-state index is -0.696. The fourth-order valence-corrected chi connectivity index (χ4v) is 5.53. The van der Waals surface area contributed by atoms with Crippen LogP contribution in [0.1, 0.15) is 46.9 Å². The fourth-order valence-electron chi connectivity index (χ4n) is 5.09. The molecular weight excluding hydrogens is 445 g/mol. The first-order chi connectivity index (χ1) is 15.7. The molecule has 1 amide bonds. The van der Waals surface area contributed by atoms with Crippen LogP contribution in [0.5, 0.6) is 0 Å². The number of carbonyl (C=O) groups is 1. The zero-order chi connectivity index (χ0) is 23.5. The molecule has 1 aliphatic heterocycles. The number of aromatic nitrogens is 4. The summed E-state index contributed by atoms with van der Waals surface area (Å²) in [6, 6.07) is 3.24. The Morgan fingerprint density at radius 1 is 1.33 bits per heavy atom. The van der Waals surface area contributed by atoms with Crippen LogP contribution in [0.2, 0.25) is 5.02 Å². The maximum atomic E-state index is 15.6. The third-order valence-electron chi connectivity index (χ3n) is 6.76. The van der Waals surface area contributed by atoms with Gasteiger partial charge >= 0.3 is 0 Å². The number of aryl methyl sites for hydroxylation is 1. The summed E-state index contributed by atoms with van der Waals surface area (Å²) in [5, 5.41) is 12.7. The van der Waals surface area contributed by atoms with Gasteiger partial charge in [-0.15, -0.1) is 0 Å². The van der Waals surface area contributed by atoms with E-state index < -0.39 is 11.7 Å². The highest BCUT2D eigenvalue weighted by atomic mass is 35.5. The molecule has 33 heavy (non-hydrogen) atoms. The van der Waals surface area contributed by atoms with Crippen LogP contribution in [-0.2, 0) is 5.41 Å². The molecule has 2 aromatic heterocycles. The topological polar surface area (TPSA) is 102 Å². The van der Waals surface area contributed by atoms with Gasteiger partial charge in [0, 0.05) is 54.6 Å². The molecule has 1 fully saturated rings. The van der Waals surface area contributed by atoms with E-state index in [1.807, 2.05) is 6.92 Å². The predicted molar refractivity (Wildman–Crippen MR) is 125 cm³/mol. The minimum Gasteiger partial charge on any atom is -0.398 e. The Bertz CT molecular complexity index is 1270. The number of pyridine rings is 1. The predicted octanol–water partition coefficient (Wildman–Crippen LogP) is 3.81. The second kappa shape index (κ2) is 7.69. The van der Waals surface area contributed by atoms with Crippen molar-refractivity contribution in [3.05, 3.63) is 52.2 Å². The van der Waals surface area contributed by atoms with E-state index in [0.29, 0.717) is 17.1 Å². The van der Waals surface area contributed by atoms with Gasteiger partial charge in [-0.1, -0.05) is 11.6 Å². The summed E-state index contributed by atoms with van der Waals surface area (Å²) in [7, 11) is 3.11. The highest BCUT2D eigenvalue weighted by Gasteiger charge is 2.48. The number of rotatable bonds is 3. The third kappa shape index (κ3) is 3.33. The van der Waals surface area contributed by atoms with Crippen molar-refractivity contribution in [1.29, 1.82) is 0 Å². The van der Waals surface area contributed by atoms with Crippen molar-refractivity contribution >= 4 is 29.0 Å². The van der Waals surface area contributed by atoms with Gasteiger partial charge in [-0.05, 0) is 38.3 Å². The Balaban J connectivity index is 1.58. The second-order valence-electron chi connectivity index (χ2n) is 9.14. The van der Waals surface area contributed by atoms with Crippen LogP contribution >= 0.6 is 11.6 Å². The molecule has 8 nitrogen and oxygen atoms in total. The van der Waals surface area contributed by atoms with Crippen LogP contribution < -0.4 is 11.1 Å². The number of fused-ring (bicyclic) bond motifs is 2. The molecule has 0 radical (unpaired) electrons. The molecule has 2 atom stereocenters. The van der Waals surface area contributed by atoms with Crippen LogP contribution in [0.25, 0.3) is 11.1 Å². The molecule has 1 spiro atoms. The van der Waals surface area contributed by atoms with Crippen molar-refractivity contribution in [1.82, 2.24) is 24.9 Å². The van der Waals surface area contributed by atoms with Gasteiger partial charge in [0.15, 0.2) is 0 Å². The van der Waals surface area contributed by atoms with E-state index >= 15 is 4.39 Å². The van der Waals surface area contributed by atoms with E-state index in [4.69, 9.17) is 17.3 Å². The van der Waals surface area contributed by atoms with Gasteiger partial charge in [-0.2, -0.15) is 15.0 Å². The molecule has 1 saturated carbocycles. The lowest BCUT2D eigenvalue weighted by Crippen LogP contribution is -2.26. The molecule has 0 saturated heterocycles. The number of halogens is 2. The normalized spacial score (nSPS) is 21.3. The first-order valence-corrected chi connectivity index (χ1v) is 11.2. The lowest BCUT2D eigenvalue weighted by atomic mass is 9.80. The average molecular weight is 470 g/mol. The lowest BCUT2D eigenvalue weighted by molar-refractivity contribution is 0.0824. The number of nitrogens with zero attached hydrogens (tertiary/aromatic N) is 5. The molecule has 5 rings (SSSR count). The van der Waals surface area contributed by atoms with Gasteiger partial charge in [0.1, 0.15) is 11.6 Å². The van der Waals surface area contributed by atoms with E-state index in [0.717, 1.165) is 36.3 Å². The Hall–Kier alpha value is -3.20. The monoisotopic (exact) mass is 469 g/mol. The Labute approximate surface area is 195 Å². The van der Waals surface area contributed by atoms with Gasteiger partial charge in [0.2, 0.25) is 0 Å². The molecule has 3 N–H and O–H groups in total. The summed E-state index contributed by atoms with van der Waals surface area (Å²) in [4.78, 5) is 20.2. The summed E-state index contributed by atoms with van der Waals surface area (Å²) in [5.74, 6) is -0.483. The highest BCUT2D eigenvalue weighted by molar-refractivity contribution is 6.34. The maximum absolute atomic E-state index is 15.6. The summed E-state index contributed by atoms with van der Waals surface area (Å²) in [5.41, 5.74) is 8.04. The first-order valence-electron chi connectivity index (χ1n) is 10.8. The molecule has 3 aromatic rings. The number of nitrogens with one attached hydrogen (secondary N) is 1. The standard InChI is InChI=1S/C23H25ClFN7O/c1-12-9-29-32(30-12)13-6-7-23(8-13)11-28-21-18(23)19(24)15(10-27-21)14-4-5-16(26)17(20(14)25)22(33)31(2)3/h4-5,9-10,13H,6-8,11,26H2,1-3H3,(H,27,28)/t13-,23-/m0/s1. The second-order valence-corrected chi connectivity index (χ2v) is 9.52. The van der Waals surface area contributed by atoms with Crippen molar-refractivity contribution < 1.29 is 9.18 Å². The third-order valence-corrected chi connectivity index (χ3v) is 7.15. The van der Waals surface area contributed by atoms with Gasteiger partial charge in [0.25, 0.3) is 5.91 Å². The molecule has 172 valence electrons. The Morgan fingerprint density at radius 2 is 2.12 bits per heavy atom. The molecule has 0 unspecified atom stereocenters. The summed E-state index contributed by atoms with van der Waals surface area (Å²) in [6.07, 6.45) is 5.91. The van der Waals surface area contributed by atoms with E-state index in [1.165, 1.54) is 11.0 Å². The lowest BCUT2D eigenvalue weighted by Gasteiger charge is -2.25. The zero-order valence-corrected chi connectivity index (χ0v) is 19.4. The van der Waals surface area contributed by atoms with Gasteiger partial charge in [-0.25, -0.2) is 9.37 Å². The summed E-state index contributed by atoms with van der Waals surface area (Å²) >= 11 is 6.95. The summed E-state index contributed by atoms with van der Waals surface area (Å²) < 4.78 is 15.6. The van der Waals surface area contributed by atoms with Crippen molar-refractivity contribution in [2.75, 3.05) is 31.7 Å². The molecule has 1 aromatic carbocycles. The highest BCUT2D eigenvalue weighted by Crippen LogP contribution is 2.54. The largest absolute Gasteiger partial charge is 0.398 e. The molecule has 0 bridgehead atoms. The number of anilines is 2. The van der Waals surface area contributed by atoms with Crippen LogP contribution in [0.3, 0.4) is 0 Å². The van der Waals surface area contributed by atoms with Crippen LogP contribution in [0.4, 0.5) is 15.9 Å². The van der Waals surface area contributed by atoms with E-state index in [-0.39, 0.29) is 28.3 Å². The van der Waals surface area contributed by atoms with Crippen molar-refractivity contribution in [2.24, 2.45) is 0 Å². The number of hydrogen-bond donors (Lipinski definition) is 2. The zero-order valence-electron chi connectivity index (χ0n) is 18.7. The molecule has 1 aliphatic carbocycles. The summed E-state index contributed by atoms with van der Waals surface area (Å²) in [6.45, 7) is 2.62. The van der Waals surface area contributed by atoms with Gasteiger partial charge in [-0.3, -0.25) is 4.79 Å². The van der Waals surface area contributed by atoms with Crippen LogP contribution in [0, 0.1) is 12.7 Å². The quantitative estimate of drug-likeness (QED) is 0.565. The first kappa shape index (κ1) is 21.6. The smallest absolute Gasteiger partial charge is 0.258 e. The minimum absolute atomic E-state index is 0.0824. The molecular formula is C23H25ClFN7O. The van der Waals surface area contributed by atoms with E-state index in [1.54, 1.807) is 37.4 Å². The van der Waals surface area contributed by atoms with E-state index in [2.05, 4.69) is 20.5 Å². The average Bonchev–Trinajstić information content (AvgIpc) is 3.49. The molecule has 3 heterocycles. The number of amides is 1. The molecule has 2 aliphatic rings. The maximum Gasteiger partial charge on any atom is 0.258 e. The van der Waals surface area contributed by atoms with Gasteiger partial charge in [0.05, 0.1) is 28.5 Å². The molecule has 10 heteroatoms. The van der Waals surface area contributed by atoms with E-state index in [9.17, 15) is 4.79 Å². The van der Waals surface area contributed by atoms with Gasteiger partial charge < -0.3 is 16.0 Å². The van der Waals surface area contributed by atoms with Crippen molar-refractivity contribution in [3.8, 4) is 11.1 Å². The van der Waals surface area contributed by atoms with Crippen LogP contribution in [-0.4, -0.2) is 51.4 Å². The fraction of sp³-hybridized carbons (Fsp3) is 0.391. The van der Waals surface area contributed by atoms with Crippen LogP contribution in [0.15, 0.2) is 24.5 Å².